The van der Waals surface area contributed by atoms with E-state index in [1.807, 2.05) is 24.4 Å². The van der Waals surface area contributed by atoms with Crippen LogP contribution in [0.2, 0.25) is 0 Å². The second-order valence-corrected chi connectivity index (χ2v) is 10.1. The van der Waals surface area contributed by atoms with Crippen molar-refractivity contribution in [3.05, 3.63) is 48.2 Å². The maximum atomic E-state index is 10.6. The number of pyridine rings is 1. The van der Waals surface area contributed by atoms with Crippen molar-refractivity contribution >= 4 is 29.2 Å². The number of carbonyl (C=O) groups is 1. The number of fused-ring (bicyclic) bond motifs is 1. The molecule has 1 atom stereocenters. The van der Waals surface area contributed by atoms with Gasteiger partial charge in [0.05, 0.1) is 31.6 Å². The van der Waals surface area contributed by atoms with E-state index in [1.54, 1.807) is 12.1 Å². The average molecular weight is 605 g/mol. The number of phenolic OH excluding ortho intramolecular Hbond substituents is 1. The van der Waals surface area contributed by atoms with Gasteiger partial charge in [-0.25, -0.2) is 14.8 Å². The van der Waals surface area contributed by atoms with Crippen molar-refractivity contribution in [2.75, 3.05) is 60.7 Å². The number of aliphatic hydroxyl groups excluding tert-OH is 1. The molecular weight excluding hydrogens is 569 g/mol. The Morgan fingerprint density at radius 3 is 2.49 bits per heavy atom. The Bertz CT molecular complexity index is 1420. The molecule has 1 unspecified atom stereocenters. The largest absolute Gasteiger partial charge is 0.508 e. The molecule has 0 bridgehead atoms. The third kappa shape index (κ3) is 7.08. The van der Waals surface area contributed by atoms with Crippen LogP contribution in [0, 0.1) is 0 Å². The number of benzene rings is 1. The maximum Gasteiger partial charge on any atom is 0.490 e. The summed E-state index contributed by atoms with van der Waals surface area (Å²) in [6, 6.07) is 11.5. The number of alkyl halides is 3. The smallest absolute Gasteiger partial charge is 0.490 e. The Morgan fingerprint density at radius 1 is 1.07 bits per heavy atom. The summed E-state index contributed by atoms with van der Waals surface area (Å²) in [5.74, 6) is -0.0558. The van der Waals surface area contributed by atoms with E-state index in [-0.39, 0.29) is 25.8 Å². The standard InChI is InChI=1S/C26H30N6O3.C2HF3O2.CH4/c33-17-20-4-2-9-31(20)23-16-19(6-8-27-23)32-10-7-22-24(18-3-1-5-21(34)15-18)28-26(29-25(22)32)30-11-13-35-14-12-30;3-2(4,5)1(6)7;/h1,3,5-6,8,15-16,20,33-34H,2,4,7,9-14,17H2;(H,6,7);1H4. The number of halogens is 3. The molecule has 3 aromatic rings. The van der Waals surface area contributed by atoms with Crippen LogP contribution in [0.3, 0.4) is 0 Å². The van der Waals surface area contributed by atoms with Crippen molar-refractivity contribution in [1.82, 2.24) is 15.0 Å². The van der Waals surface area contributed by atoms with Crippen molar-refractivity contribution in [3.63, 3.8) is 0 Å². The van der Waals surface area contributed by atoms with E-state index >= 15 is 0 Å². The van der Waals surface area contributed by atoms with Gasteiger partial charge in [0.15, 0.2) is 0 Å². The summed E-state index contributed by atoms with van der Waals surface area (Å²) in [6.07, 6.45) is -0.383. The van der Waals surface area contributed by atoms with Crippen molar-refractivity contribution in [1.29, 1.82) is 0 Å². The first-order valence-electron chi connectivity index (χ1n) is 13.6. The molecule has 43 heavy (non-hydrogen) atoms. The summed E-state index contributed by atoms with van der Waals surface area (Å²) < 4.78 is 37.3. The molecule has 0 saturated carbocycles. The number of anilines is 4. The summed E-state index contributed by atoms with van der Waals surface area (Å²) in [6.45, 7) is 4.63. The van der Waals surface area contributed by atoms with E-state index < -0.39 is 12.1 Å². The normalized spacial score (nSPS) is 18.0. The zero-order valence-electron chi connectivity index (χ0n) is 22.7. The fourth-order valence-electron chi connectivity index (χ4n) is 5.35. The molecule has 0 spiro atoms. The molecule has 0 aliphatic carbocycles. The van der Waals surface area contributed by atoms with Crippen LogP contribution >= 0.6 is 0 Å². The Labute approximate surface area is 247 Å². The predicted molar refractivity (Wildman–Crippen MR) is 155 cm³/mol. The van der Waals surface area contributed by atoms with Gasteiger partial charge in [0.25, 0.3) is 0 Å². The third-order valence-electron chi connectivity index (χ3n) is 7.39. The van der Waals surface area contributed by atoms with Gasteiger partial charge >= 0.3 is 12.1 Å². The van der Waals surface area contributed by atoms with Gasteiger partial charge in [0.1, 0.15) is 17.4 Å². The van der Waals surface area contributed by atoms with Crippen molar-refractivity contribution in [2.24, 2.45) is 0 Å². The molecule has 3 N–H and O–H groups in total. The highest BCUT2D eigenvalue weighted by Gasteiger charge is 2.38. The number of ether oxygens (including phenoxy) is 1. The van der Waals surface area contributed by atoms with Gasteiger partial charge in [-0.2, -0.15) is 18.2 Å². The lowest BCUT2D eigenvalue weighted by molar-refractivity contribution is -0.192. The number of aromatic hydroxyl groups is 1. The first-order valence-corrected chi connectivity index (χ1v) is 13.6. The minimum absolute atomic E-state index is 0. The van der Waals surface area contributed by atoms with Crippen LogP contribution in [0.15, 0.2) is 42.6 Å². The third-order valence-corrected chi connectivity index (χ3v) is 7.39. The van der Waals surface area contributed by atoms with Gasteiger partial charge in [-0.15, -0.1) is 0 Å². The van der Waals surface area contributed by atoms with Gasteiger partial charge in [0, 0.05) is 55.3 Å². The molecule has 2 saturated heterocycles. The van der Waals surface area contributed by atoms with Crippen LogP contribution < -0.4 is 14.7 Å². The first-order chi connectivity index (χ1) is 20.2. The Balaban J connectivity index is 0.000000475. The molecular formula is C29H35F3N6O5. The van der Waals surface area contributed by atoms with Crippen LogP contribution in [-0.2, 0) is 16.0 Å². The molecule has 232 valence electrons. The van der Waals surface area contributed by atoms with Crippen LogP contribution in [0.25, 0.3) is 11.3 Å². The minimum Gasteiger partial charge on any atom is -0.508 e. The first kappa shape index (κ1) is 31.8. The van der Waals surface area contributed by atoms with Crippen molar-refractivity contribution < 1.29 is 38.0 Å². The molecule has 3 aliphatic rings. The molecule has 6 rings (SSSR count). The van der Waals surface area contributed by atoms with Crippen LogP contribution in [0.5, 0.6) is 5.75 Å². The minimum atomic E-state index is -5.08. The summed E-state index contributed by atoms with van der Waals surface area (Å²) >= 11 is 0. The Morgan fingerprint density at radius 2 is 1.81 bits per heavy atom. The Kier molecular flexibility index (Phi) is 9.91. The zero-order valence-corrected chi connectivity index (χ0v) is 22.7. The fourth-order valence-corrected chi connectivity index (χ4v) is 5.35. The van der Waals surface area contributed by atoms with E-state index in [0.29, 0.717) is 19.2 Å². The van der Waals surface area contributed by atoms with E-state index in [1.165, 1.54) is 0 Å². The maximum absolute atomic E-state index is 10.6. The molecule has 1 aromatic carbocycles. The topological polar surface area (TPSA) is 135 Å². The van der Waals surface area contributed by atoms with Gasteiger partial charge < -0.3 is 34.8 Å². The number of hydrogen-bond acceptors (Lipinski definition) is 10. The van der Waals surface area contributed by atoms with Gasteiger partial charge in [0.2, 0.25) is 5.95 Å². The number of aromatic nitrogens is 3. The predicted octanol–water partition coefficient (Wildman–Crippen LogP) is 4.01. The van der Waals surface area contributed by atoms with Crippen LogP contribution in [-0.4, -0.2) is 94.5 Å². The van der Waals surface area contributed by atoms with Crippen LogP contribution in [0.4, 0.5) is 36.4 Å². The average Bonchev–Trinajstić information content (AvgIpc) is 3.64. The molecule has 5 heterocycles. The van der Waals surface area contributed by atoms with E-state index in [4.69, 9.17) is 24.6 Å². The zero-order chi connectivity index (χ0) is 29.9. The van der Waals surface area contributed by atoms with Gasteiger partial charge in [-0.05, 0) is 37.5 Å². The van der Waals surface area contributed by atoms with Gasteiger partial charge in [-0.3, -0.25) is 0 Å². The second kappa shape index (κ2) is 13.4. The number of carboxylic acid groups (broad SMARTS) is 1. The summed E-state index contributed by atoms with van der Waals surface area (Å²) in [5.41, 5.74) is 3.87. The highest BCUT2D eigenvalue weighted by atomic mass is 19.4. The highest BCUT2D eigenvalue weighted by Crippen LogP contribution is 2.40. The lowest BCUT2D eigenvalue weighted by Crippen LogP contribution is -2.37. The number of aliphatic carboxylic acids is 1. The molecule has 3 aliphatic heterocycles. The number of nitrogens with zero attached hydrogens (tertiary/aromatic N) is 6. The number of hydrogen-bond donors (Lipinski definition) is 3. The molecule has 2 aromatic heterocycles. The quantitative estimate of drug-likeness (QED) is 0.390. The van der Waals surface area contributed by atoms with E-state index in [2.05, 4.69) is 25.8 Å². The molecule has 0 radical (unpaired) electrons. The second-order valence-electron chi connectivity index (χ2n) is 10.1. The molecule has 14 heteroatoms. The highest BCUT2D eigenvalue weighted by molar-refractivity contribution is 5.78. The number of phenols is 1. The summed E-state index contributed by atoms with van der Waals surface area (Å²) in [7, 11) is 0. The fraction of sp³-hybridized carbons (Fsp3) is 0.448. The number of morpholine rings is 1. The van der Waals surface area contributed by atoms with E-state index in [0.717, 1.165) is 79.6 Å². The molecule has 2 fully saturated rings. The monoisotopic (exact) mass is 604 g/mol. The van der Waals surface area contributed by atoms with Crippen LogP contribution in [0.1, 0.15) is 25.8 Å². The number of aliphatic hydroxyl groups is 1. The van der Waals surface area contributed by atoms with Crippen molar-refractivity contribution in [2.45, 2.75) is 38.9 Å². The summed E-state index contributed by atoms with van der Waals surface area (Å²) in [5, 5.41) is 27.1. The summed E-state index contributed by atoms with van der Waals surface area (Å²) in [4.78, 5) is 30.2. The number of carboxylic acids is 1. The number of rotatable bonds is 5. The molecule has 11 nitrogen and oxygen atoms in total. The Hall–Kier alpha value is -4.17. The van der Waals surface area contributed by atoms with Crippen molar-refractivity contribution in [3.8, 4) is 17.0 Å². The van der Waals surface area contributed by atoms with E-state index in [9.17, 15) is 23.4 Å². The molecule has 0 amide bonds. The van der Waals surface area contributed by atoms with Gasteiger partial charge in [-0.1, -0.05) is 19.6 Å². The lowest BCUT2D eigenvalue weighted by atomic mass is 10.1. The lowest BCUT2D eigenvalue weighted by Gasteiger charge is -2.29. The SMILES string of the molecule is C.O=C(O)C(F)(F)F.OCC1CCCN1c1cc(N2CCc3c(-c4cccc(O)c4)nc(N4CCOCC4)nc32)ccn1.